The number of carbonyl (C=O) groups excluding carboxylic acids is 1. The molecule has 0 fully saturated rings. The fourth-order valence-electron chi connectivity index (χ4n) is 4.79. The summed E-state index contributed by atoms with van der Waals surface area (Å²) >= 11 is 0. The van der Waals surface area contributed by atoms with Crippen LogP contribution in [-0.2, 0) is 19.1 Å². The number of aliphatic hydroxyl groups excluding tert-OH is 3. The summed E-state index contributed by atoms with van der Waals surface area (Å²) in [7, 11) is 0. The SMILES string of the molecule is CCOC(C)(C)C(=O)O[C@H]1C[C@H](O)C=C2C=C[C@H](C)[C@H](CC[C@@H](O)C[C@@H](O)CC(=O)O)[C@H]21. The molecule has 7 atom stereocenters. The van der Waals surface area contributed by atoms with Gasteiger partial charge in [0.2, 0.25) is 0 Å². The van der Waals surface area contributed by atoms with E-state index in [0.29, 0.717) is 25.9 Å². The summed E-state index contributed by atoms with van der Waals surface area (Å²) in [6, 6.07) is 0. The quantitative estimate of drug-likeness (QED) is 0.349. The molecule has 0 aromatic rings. The molecule has 0 spiro atoms. The number of carbonyl (C=O) groups is 2. The summed E-state index contributed by atoms with van der Waals surface area (Å²) in [4.78, 5) is 23.5. The Balaban J connectivity index is 2.12. The highest BCUT2D eigenvalue weighted by Gasteiger charge is 2.43. The minimum absolute atomic E-state index is 0.00369. The highest BCUT2D eigenvalue weighted by atomic mass is 16.6. The molecule has 32 heavy (non-hydrogen) atoms. The maximum atomic E-state index is 12.8. The van der Waals surface area contributed by atoms with E-state index in [4.69, 9.17) is 14.6 Å². The Morgan fingerprint density at radius 2 is 1.94 bits per heavy atom. The van der Waals surface area contributed by atoms with Gasteiger partial charge in [-0.05, 0) is 57.4 Å². The highest BCUT2D eigenvalue weighted by Crippen LogP contribution is 2.44. The lowest BCUT2D eigenvalue weighted by atomic mass is 9.66. The number of allylic oxidation sites excluding steroid dienone is 2. The Hall–Kier alpha value is -1.74. The molecular formula is C24H38O8. The molecule has 0 radical (unpaired) electrons. The van der Waals surface area contributed by atoms with Gasteiger partial charge in [0.15, 0.2) is 5.60 Å². The van der Waals surface area contributed by atoms with E-state index in [1.807, 2.05) is 13.0 Å². The minimum atomic E-state index is -1.11. The molecule has 2 rings (SSSR count). The summed E-state index contributed by atoms with van der Waals surface area (Å²) < 4.78 is 11.4. The largest absolute Gasteiger partial charge is 0.481 e. The van der Waals surface area contributed by atoms with E-state index >= 15 is 0 Å². The molecular weight excluding hydrogens is 416 g/mol. The van der Waals surface area contributed by atoms with Gasteiger partial charge in [-0.2, -0.15) is 0 Å². The van der Waals surface area contributed by atoms with E-state index < -0.39 is 48.4 Å². The molecule has 182 valence electrons. The molecule has 0 heterocycles. The fraction of sp³-hybridized carbons (Fsp3) is 0.750. The van der Waals surface area contributed by atoms with Crippen molar-refractivity contribution in [1.82, 2.24) is 0 Å². The fourth-order valence-corrected chi connectivity index (χ4v) is 4.79. The molecule has 0 saturated heterocycles. The van der Waals surface area contributed by atoms with Crippen molar-refractivity contribution in [3.8, 4) is 0 Å². The summed E-state index contributed by atoms with van der Waals surface area (Å²) in [6.07, 6.45) is 3.53. The van der Waals surface area contributed by atoms with Gasteiger partial charge in [-0.1, -0.05) is 25.2 Å². The van der Waals surface area contributed by atoms with Crippen LogP contribution in [-0.4, -0.2) is 69.0 Å². The molecule has 0 amide bonds. The summed E-state index contributed by atoms with van der Waals surface area (Å²) in [6.45, 7) is 7.57. The normalized spacial score (nSPS) is 29.6. The number of aliphatic hydroxyl groups is 3. The van der Waals surface area contributed by atoms with Gasteiger partial charge in [0.1, 0.15) is 6.10 Å². The Labute approximate surface area is 189 Å². The van der Waals surface area contributed by atoms with E-state index in [0.717, 1.165) is 5.57 Å². The topological polar surface area (TPSA) is 134 Å². The van der Waals surface area contributed by atoms with E-state index in [9.17, 15) is 24.9 Å². The Morgan fingerprint density at radius 3 is 2.56 bits per heavy atom. The van der Waals surface area contributed by atoms with E-state index in [1.165, 1.54) is 0 Å². The third kappa shape index (κ3) is 7.13. The van der Waals surface area contributed by atoms with Gasteiger partial charge < -0.3 is 29.9 Å². The molecule has 0 bridgehead atoms. The van der Waals surface area contributed by atoms with Gasteiger partial charge in [0.25, 0.3) is 0 Å². The van der Waals surface area contributed by atoms with Crippen LogP contribution in [0.5, 0.6) is 0 Å². The Kier molecular flexibility index (Phi) is 9.45. The zero-order valence-electron chi connectivity index (χ0n) is 19.4. The average molecular weight is 455 g/mol. The number of rotatable bonds is 11. The second-order valence-corrected chi connectivity index (χ2v) is 9.48. The standard InChI is InChI=1S/C24H38O8/c1-5-31-24(3,4)23(30)32-20-12-17(26)10-15-7-6-14(2)19(22(15)20)9-8-16(25)11-18(27)13-21(28)29/h6-7,10,14,16-20,22,25-27H,5,8-9,11-13H2,1-4H3,(H,28,29)/t14-,16+,17+,18+,19-,20-,22-/m0/s1. The first-order valence-electron chi connectivity index (χ1n) is 11.5. The monoisotopic (exact) mass is 454 g/mol. The predicted octanol–water partition coefficient (Wildman–Crippen LogP) is 2.21. The maximum absolute atomic E-state index is 12.8. The summed E-state index contributed by atoms with van der Waals surface area (Å²) in [5.74, 6) is -1.50. The molecule has 8 nitrogen and oxygen atoms in total. The number of esters is 1. The lowest BCUT2D eigenvalue weighted by Crippen LogP contribution is -2.46. The number of fused-ring (bicyclic) bond motifs is 1. The minimum Gasteiger partial charge on any atom is -0.481 e. The van der Waals surface area contributed by atoms with Crippen LogP contribution in [0.3, 0.4) is 0 Å². The van der Waals surface area contributed by atoms with Crippen molar-refractivity contribution in [3.05, 3.63) is 23.8 Å². The third-order valence-corrected chi connectivity index (χ3v) is 6.42. The van der Waals surface area contributed by atoms with Crippen molar-refractivity contribution < 1.29 is 39.5 Å². The molecule has 4 N–H and O–H groups in total. The summed E-state index contributed by atoms with van der Waals surface area (Å²) in [5, 5.41) is 39.2. The lowest BCUT2D eigenvalue weighted by Gasteiger charge is -2.43. The maximum Gasteiger partial charge on any atom is 0.338 e. The van der Waals surface area contributed by atoms with E-state index in [-0.39, 0.29) is 24.2 Å². The molecule has 0 aromatic carbocycles. The first-order valence-corrected chi connectivity index (χ1v) is 11.5. The van der Waals surface area contributed by atoms with Gasteiger partial charge in [-0.25, -0.2) is 4.79 Å². The van der Waals surface area contributed by atoms with Crippen molar-refractivity contribution in [3.63, 3.8) is 0 Å². The second-order valence-electron chi connectivity index (χ2n) is 9.48. The zero-order chi connectivity index (χ0) is 24.1. The molecule has 0 saturated carbocycles. The molecule has 0 unspecified atom stereocenters. The van der Waals surface area contributed by atoms with Gasteiger partial charge in [-0.3, -0.25) is 4.79 Å². The van der Waals surface area contributed by atoms with Crippen LogP contribution >= 0.6 is 0 Å². The smallest absolute Gasteiger partial charge is 0.338 e. The van der Waals surface area contributed by atoms with Gasteiger partial charge in [-0.15, -0.1) is 0 Å². The molecule has 8 heteroatoms. The van der Waals surface area contributed by atoms with Crippen molar-refractivity contribution >= 4 is 11.9 Å². The zero-order valence-corrected chi connectivity index (χ0v) is 19.4. The number of carboxylic acid groups (broad SMARTS) is 1. The predicted molar refractivity (Wildman–Crippen MR) is 118 cm³/mol. The van der Waals surface area contributed by atoms with Crippen molar-refractivity contribution in [2.75, 3.05) is 6.61 Å². The third-order valence-electron chi connectivity index (χ3n) is 6.42. The Bertz CT molecular complexity index is 713. The highest BCUT2D eigenvalue weighted by molar-refractivity contribution is 5.78. The van der Waals surface area contributed by atoms with Crippen LogP contribution in [0.2, 0.25) is 0 Å². The number of hydrogen-bond acceptors (Lipinski definition) is 7. The van der Waals surface area contributed by atoms with Crippen LogP contribution < -0.4 is 0 Å². The number of ether oxygens (including phenoxy) is 2. The Morgan fingerprint density at radius 1 is 1.25 bits per heavy atom. The van der Waals surface area contributed by atoms with Crippen molar-refractivity contribution in [1.29, 1.82) is 0 Å². The van der Waals surface area contributed by atoms with Crippen molar-refractivity contribution in [2.45, 2.75) is 89.8 Å². The number of carboxylic acids is 1. The first-order chi connectivity index (χ1) is 14.9. The second kappa shape index (κ2) is 11.4. The molecule has 2 aliphatic rings. The van der Waals surface area contributed by atoms with Crippen molar-refractivity contribution in [2.24, 2.45) is 17.8 Å². The number of aliphatic carboxylic acids is 1. The van der Waals surface area contributed by atoms with Gasteiger partial charge in [0, 0.05) is 18.9 Å². The average Bonchev–Trinajstić information content (AvgIpc) is 2.66. The van der Waals surface area contributed by atoms with Crippen LogP contribution in [0.25, 0.3) is 0 Å². The van der Waals surface area contributed by atoms with E-state index in [1.54, 1.807) is 19.9 Å². The van der Waals surface area contributed by atoms with Crippen LogP contribution in [0.1, 0.15) is 59.8 Å². The number of hydrogen-bond donors (Lipinski definition) is 4. The first kappa shape index (κ1) is 26.5. The van der Waals surface area contributed by atoms with Crippen LogP contribution in [0.15, 0.2) is 23.8 Å². The van der Waals surface area contributed by atoms with Gasteiger partial charge >= 0.3 is 11.9 Å². The van der Waals surface area contributed by atoms with Crippen LogP contribution in [0, 0.1) is 17.8 Å². The summed E-state index contributed by atoms with van der Waals surface area (Å²) in [5.41, 5.74) is -0.178. The van der Waals surface area contributed by atoms with Gasteiger partial charge in [0.05, 0.1) is 24.7 Å². The molecule has 0 aliphatic heterocycles. The lowest BCUT2D eigenvalue weighted by molar-refractivity contribution is -0.178. The molecule has 0 aromatic heterocycles. The van der Waals surface area contributed by atoms with Crippen LogP contribution in [0.4, 0.5) is 0 Å². The van der Waals surface area contributed by atoms with E-state index in [2.05, 4.69) is 13.0 Å². The molecule has 2 aliphatic carbocycles.